The highest BCUT2D eigenvalue weighted by Crippen LogP contribution is 2.12. The highest BCUT2D eigenvalue weighted by atomic mass is 16.3. The number of aliphatic hydroxyl groups is 1. The summed E-state index contributed by atoms with van der Waals surface area (Å²) in [6, 6.07) is 0.0491. The van der Waals surface area contributed by atoms with Gasteiger partial charge in [-0.1, -0.05) is 26.7 Å². The summed E-state index contributed by atoms with van der Waals surface area (Å²) >= 11 is 0. The average molecular weight is 270 g/mol. The maximum atomic E-state index is 12.4. The van der Waals surface area contributed by atoms with Crippen LogP contribution in [0.25, 0.3) is 0 Å². The van der Waals surface area contributed by atoms with E-state index in [9.17, 15) is 4.79 Å². The number of hydrogen-bond donors (Lipinski definition) is 2. The first kappa shape index (κ1) is 16.4. The number of aliphatic hydroxyl groups excluding tert-OH is 1. The Morgan fingerprint density at radius 3 is 2.21 bits per heavy atom. The van der Waals surface area contributed by atoms with E-state index in [-0.39, 0.29) is 24.6 Å². The van der Waals surface area contributed by atoms with Crippen molar-refractivity contribution < 1.29 is 9.90 Å². The molecule has 1 aliphatic rings. The topological polar surface area (TPSA) is 52.6 Å². The van der Waals surface area contributed by atoms with Gasteiger partial charge in [0.2, 0.25) is 5.91 Å². The van der Waals surface area contributed by atoms with Crippen LogP contribution in [0.4, 0.5) is 0 Å². The van der Waals surface area contributed by atoms with Gasteiger partial charge in [-0.25, -0.2) is 0 Å². The molecule has 1 saturated heterocycles. The zero-order valence-corrected chi connectivity index (χ0v) is 12.7. The summed E-state index contributed by atoms with van der Waals surface area (Å²) in [6.45, 7) is 8.15. The lowest BCUT2D eigenvalue weighted by molar-refractivity contribution is -0.133. The van der Waals surface area contributed by atoms with E-state index in [0.717, 1.165) is 25.9 Å². The second-order valence-corrected chi connectivity index (χ2v) is 5.99. The van der Waals surface area contributed by atoms with Crippen LogP contribution in [0.5, 0.6) is 0 Å². The van der Waals surface area contributed by atoms with E-state index in [0.29, 0.717) is 12.3 Å². The molecule has 0 bridgehead atoms. The number of hydrogen-bond acceptors (Lipinski definition) is 3. The van der Waals surface area contributed by atoms with E-state index in [1.54, 1.807) is 0 Å². The van der Waals surface area contributed by atoms with E-state index in [4.69, 9.17) is 5.11 Å². The lowest BCUT2D eigenvalue weighted by Crippen LogP contribution is -2.50. The third kappa shape index (κ3) is 5.49. The fourth-order valence-corrected chi connectivity index (χ4v) is 2.71. The number of carbonyl (C=O) groups excluding carboxylic acids is 1. The van der Waals surface area contributed by atoms with Crippen molar-refractivity contribution in [3.8, 4) is 0 Å². The van der Waals surface area contributed by atoms with E-state index < -0.39 is 0 Å². The van der Waals surface area contributed by atoms with E-state index in [1.165, 1.54) is 12.8 Å². The Balaban J connectivity index is 2.49. The molecule has 2 N–H and O–H groups in total. The number of likely N-dealkylation sites (tertiary alicyclic amines) is 1. The van der Waals surface area contributed by atoms with Gasteiger partial charge in [-0.2, -0.15) is 0 Å². The van der Waals surface area contributed by atoms with Crippen molar-refractivity contribution >= 4 is 5.91 Å². The minimum absolute atomic E-state index is 0.156. The lowest BCUT2D eigenvalue weighted by atomic mass is 10.00. The molecule has 1 amide bonds. The molecule has 1 aliphatic heterocycles. The number of rotatable bonds is 6. The summed E-state index contributed by atoms with van der Waals surface area (Å²) in [4.78, 5) is 14.4. The van der Waals surface area contributed by atoms with E-state index in [2.05, 4.69) is 19.2 Å². The smallest absolute Gasteiger partial charge is 0.239 e. The van der Waals surface area contributed by atoms with Crippen molar-refractivity contribution in [2.75, 3.05) is 19.7 Å². The van der Waals surface area contributed by atoms with Gasteiger partial charge in [0.05, 0.1) is 6.04 Å². The Morgan fingerprint density at radius 2 is 1.74 bits per heavy atom. The third-order valence-electron chi connectivity index (χ3n) is 4.00. The number of nitrogens with zero attached hydrogens (tertiary/aromatic N) is 1. The number of amides is 1. The third-order valence-corrected chi connectivity index (χ3v) is 4.00. The zero-order chi connectivity index (χ0) is 14.3. The van der Waals surface area contributed by atoms with Gasteiger partial charge in [-0.15, -0.1) is 0 Å². The molecule has 0 saturated carbocycles. The maximum absolute atomic E-state index is 12.4. The molecule has 0 aliphatic carbocycles. The van der Waals surface area contributed by atoms with Crippen LogP contribution in [0.1, 0.15) is 52.9 Å². The quantitative estimate of drug-likeness (QED) is 0.773. The summed E-state index contributed by atoms with van der Waals surface area (Å²) in [5.74, 6) is 0.636. The van der Waals surface area contributed by atoms with Crippen molar-refractivity contribution in [3.05, 3.63) is 0 Å². The van der Waals surface area contributed by atoms with Crippen LogP contribution in [0.15, 0.2) is 0 Å². The molecule has 112 valence electrons. The van der Waals surface area contributed by atoms with Gasteiger partial charge in [0, 0.05) is 25.7 Å². The molecule has 0 aromatic heterocycles. The van der Waals surface area contributed by atoms with Crippen LogP contribution < -0.4 is 5.32 Å². The largest absolute Gasteiger partial charge is 0.396 e. The van der Waals surface area contributed by atoms with E-state index >= 15 is 0 Å². The summed E-state index contributed by atoms with van der Waals surface area (Å²) < 4.78 is 0. The Hall–Kier alpha value is -0.610. The van der Waals surface area contributed by atoms with Crippen molar-refractivity contribution in [2.45, 2.75) is 65.0 Å². The Labute approximate surface area is 117 Å². The molecular weight excluding hydrogens is 240 g/mol. The van der Waals surface area contributed by atoms with Crippen molar-refractivity contribution in [1.82, 2.24) is 10.2 Å². The van der Waals surface area contributed by atoms with Crippen molar-refractivity contribution in [2.24, 2.45) is 5.92 Å². The van der Waals surface area contributed by atoms with Crippen LogP contribution in [0.2, 0.25) is 0 Å². The first-order valence-electron chi connectivity index (χ1n) is 7.72. The predicted octanol–water partition coefficient (Wildman–Crippen LogP) is 1.77. The molecule has 2 unspecified atom stereocenters. The van der Waals surface area contributed by atoms with Gasteiger partial charge < -0.3 is 15.3 Å². The van der Waals surface area contributed by atoms with Crippen LogP contribution >= 0.6 is 0 Å². The van der Waals surface area contributed by atoms with Crippen LogP contribution in [0, 0.1) is 5.92 Å². The van der Waals surface area contributed by atoms with Crippen molar-refractivity contribution in [1.29, 1.82) is 0 Å². The van der Waals surface area contributed by atoms with Crippen LogP contribution in [-0.2, 0) is 4.79 Å². The van der Waals surface area contributed by atoms with E-state index in [1.807, 2.05) is 11.8 Å². The number of nitrogens with one attached hydrogen (secondary N) is 1. The summed E-state index contributed by atoms with van der Waals surface area (Å²) in [6.07, 6.45) is 5.44. The Kier molecular flexibility index (Phi) is 7.39. The van der Waals surface area contributed by atoms with Gasteiger partial charge in [0.25, 0.3) is 0 Å². The molecule has 1 fully saturated rings. The predicted molar refractivity (Wildman–Crippen MR) is 78.0 cm³/mol. The van der Waals surface area contributed by atoms with Gasteiger partial charge in [0.1, 0.15) is 0 Å². The lowest BCUT2D eigenvalue weighted by Gasteiger charge is -2.29. The van der Waals surface area contributed by atoms with Gasteiger partial charge >= 0.3 is 0 Å². The second kappa shape index (κ2) is 8.54. The van der Waals surface area contributed by atoms with Crippen LogP contribution in [0.3, 0.4) is 0 Å². The fraction of sp³-hybridized carbons (Fsp3) is 0.933. The molecular formula is C15H30N2O2. The Bertz CT molecular complexity index is 261. The first-order valence-corrected chi connectivity index (χ1v) is 7.72. The molecule has 19 heavy (non-hydrogen) atoms. The SMILES string of the molecule is CC(NC(CCO)C(C)C)C(=O)N1CCCCCC1. The summed E-state index contributed by atoms with van der Waals surface area (Å²) in [5.41, 5.74) is 0. The highest BCUT2D eigenvalue weighted by molar-refractivity contribution is 5.81. The molecule has 4 nitrogen and oxygen atoms in total. The number of carbonyl (C=O) groups is 1. The molecule has 1 rings (SSSR count). The van der Waals surface area contributed by atoms with Gasteiger partial charge in [-0.3, -0.25) is 4.79 Å². The van der Waals surface area contributed by atoms with Gasteiger partial charge in [0.15, 0.2) is 0 Å². The first-order chi connectivity index (χ1) is 9.06. The highest BCUT2D eigenvalue weighted by Gasteiger charge is 2.24. The molecule has 0 radical (unpaired) electrons. The molecule has 0 aromatic carbocycles. The average Bonchev–Trinajstić information content (AvgIpc) is 2.65. The second-order valence-electron chi connectivity index (χ2n) is 5.99. The Morgan fingerprint density at radius 1 is 1.16 bits per heavy atom. The van der Waals surface area contributed by atoms with Gasteiger partial charge in [-0.05, 0) is 32.1 Å². The van der Waals surface area contributed by atoms with Crippen LogP contribution in [-0.4, -0.2) is 47.7 Å². The molecule has 2 atom stereocenters. The molecule has 4 heteroatoms. The summed E-state index contributed by atoms with van der Waals surface area (Å²) in [7, 11) is 0. The monoisotopic (exact) mass is 270 g/mol. The zero-order valence-electron chi connectivity index (χ0n) is 12.7. The summed E-state index contributed by atoms with van der Waals surface area (Å²) in [5, 5.41) is 12.5. The molecule has 0 aromatic rings. The van der Waals surface area contributed by atoms with Crippen molar-refractivity contribution in [3.63, 3.8) is 0 Å². The molecule has 1 heterocycles. The fourth-order valence-electron chi connectivity index (χ4n) is 2.71. The minimum Gasteiger partial charge on any atom is -0.396 e. The standard InChI is InChI=1S/C15H30N2O2/c1-12(2)14(8-11-18)16-13(3)15(19)17-9-6-4-5-7-10-17/h12-14,16,18H,4-11H2,1-3H3. The minimum atomic E-state index is -0.156. The normalized spacial score (nSPS) is 20.2. The maximum Gasteiger partial charge on any atom is 0.239 e. The molecule has 0 spiro atoms.